The number of anilines is 1. The van der Waals surface area contributed by atoms with Crippen molar-refractivity contribution in [3.63, 3.8) is 0 Å². The third kappa shape index (κ3) is 1.72. The number of hydrogen-bond donors (Lipinski definition) is 1. The van der Waals surface area contributed by atoms with E-state index in [0.29, 0.717) is 11.6 Å². The molecular weight excluding hydrogens is 228 g/mol. The number of carbonyl (C=O) groups is 1. The van der Waals surface area contributed by atoms with Gasteiger partial charge in [-0.15, -0.1) is 0 Å². The molecule has 18 heavy (non-hydrogen) atoms. The van der Waals surface area contributed by atoms with Crippen molar-refractivity contribution in [2.45, 2.75) is 13.0 Å². The molecule has 1 aromatic heterocycles. The van der Waals surface area contributed by atoms with E-state index < -0.39 is 6.10 Å². The van der Waals surface area contributed by atoms with Crippen molar-refractivity contribution in [1.29, 1.82) is 0 Å². The van der Waals surface area contributed by atoms with Gasteiger partial charge in [-0.05, 0) is 24.6 Å². The predicted octanol–water partition coefficient (Wildman–Crippen LogP) is 2.46. The first kappa shape index (κ1) is 10.8. The van der Waals surface area contributed by atoms with Crippen molar-refractivity contribution < 1.29 is 9.53 Å². The fourth-order valence-electron chi connectivity index (χ4n) is 2.03. The zero-order chi connectivity index (χ0) is 12.5. The van der Waals surface area contributed by atoms with E-state index in [4.69, 9.17) is 4.74 Å². The topological polar surface area (TPSA) is 51.2 Å². The summed E-state index contributed by atoms with van der Waals surface area (Å²) in [5, 5.41) is 2.76. The number of nitrogens with one attached hydrogen (secondary N) is 1. The van der Waals surface area contributed by atoms with Crippen LogP contribution in [0, 0.1) is 6.92 Å². The van der Waals surface area contributed by atoms with Crippen molar-refractivity contribution in [3.8, 4) is 5.75 Å². The minimum absolute atomic E-state index is 0.185. The summed E-state index contributed by atoms with van der Waals surface area (Å²) < 4.78 is 5.74. The van der Waals surface area contributed by atoms with Crippen LogP contribution in [0.4, 0.5) is 5.82 Å². The molecule has 0 aliphatic carbocycles. The summed E-state index contributed by atoms with van der Waals surface area (Å²) in [7, 11) is 0. The van der Waals surface area contributed by atoms with Gasteiger partial charge in [-0.2, -0.15) is 0 Å². The van der Waals surface area contributed by atoms with Gasteiger partial charge in [-0.25, -0.2) is 4.98 Å². The molecule has 0 bridgehead atoms. The van der Waals surface area contributed by atoms with Gasteiger partial charge < -0.3 is 10.1 Å². The lowest BCUT2D eigenvalue weighted by atomic mass is 10.0. The average molecular weight is 240 g/mol. The van der Waals surface area contributed by atoms with E-state index in [1.807, 2.05) is 31.2 Å². The van der Waals surface area contributed by atoms with Crippen molar-refractivity contribution in [1.82, 2.24) is 4.98 Å². The van der Waals surface area contributed by atoms with E-state index in [-0.39, 0.29) is 5.91 Å². The fraction of sp³-hybridized carbons (Fsp3) is 0.143. The van der Waals surface area contributed by atoms with Crippen LogP contribution in [0.15, 0.2) is 42.6 Å². The largest absolute Gasteiger partial charge is 0.472 e. The lowest BCUT2D eigenvalue weighted by molar-refractivity contribution is -0.123. The monoisotopic (exact) mass is 240 g/mol. The Morgan fingerprint density at radius 3 is 2.89 bits per heavy atom. The van der Waals surface area contributed by atoms with Crippen molar-refractivity contribution in [2.75, 3.05) is 5.32 Å². The highest BCUT2D eigenvalue weighted by molar-refractivity contribution is 5.97. The van der Waals surface area contributed by atoms with Gasteiger partial charge >= 0.3 is 0 Å². The molecule has 1 unspecified atom stereocenters. The van der Waals surface area contributed by atoms with Gasteiger partial charge in [-0.3, -0.25) is 4.79 Å². The molecule has 4 nitrogen and oxygen atoms in total. The summed E-state index contributed by atoms with van der Waals surface area (Å²) in [6.07, 6.45) is 1.01. The highest BCUT2D eigenvalue weighted by Crippen LogP contribution is 2.33. The molecule has 0 spiro atoms. The van der Waals surface area contributed by atoms with Gasteiger partial charge in [0.15, 0.2) is 11.6 Å². The van der Waals surface area contributed by atoms with E-state index >= 15 is 0 Å². The van der Waals surface area contributed by atoms with Crippen LogP contribution in [-0.4, -0.2) is 10.9 Å². The Hall–Kier alpha value is -2.36. The summed E-state index contributed by atoms with van der Waals surface area (Å²) in [5.74, 6) is 0.896. The van der Waals surface area contributed by atoms with Gasteiger partial charge in [0.25, 0.3) is 5.91 Å². The van der Waals surface area contributed by atoms with Crippen molar-refractivity contribution >= 4 is 11.7 Å². The molecule has 1 aliphatic rings. The normalized spacial score (nSPS) is 17.6. The number of pyridine rings is 1. The van der Waals surface area contributed by atoms with Gasteiger partial charge in [-0.1, -0.05) is 24.3 Å². The summed E-state index contributed by atoms with van der Waals surface area (Å²) >= 11 is 0. The molecule has 2 heterocycles. The number of hydrogen-bond acceptors (Lipinski definition) is 3. The first-order valence-electron chi connectivity index (χ1n) is 5.74. The van der Waals surface area contributed by atoms with Gasteiger partial charge in [0.1, 0.15) is 0 Å². The van der Waals surface area contributed by atoms with E-state index in [1.54, 1.807) is 18.3 Å². The minimum Gasteiger partial charge on any atom is -0.472 e. The van der Waals surface area contributed by atoms with Crippen LogP contribution in [-0.2, 0) is 4.79 Å². The van der Waals surface area contributed by atoms with Crippen LogP contribution < -0.4 is 10.1 Å². The standard InChI is InChI=1S/C14H12N2O2/c1-9-5-2-3-6-10(9)12-14(17)16-13-11(18-12)7-4-8-15-13/h2-8,12H,1H3,(H,15,16,17). The zero-order valence-electron chi connectivity index (χ0n) is 9.88. The molecule has 0 radical (unpaired) electrons. The highest BCUT2D eigenvalue weighted by Gasteiger charge is 2.30. The first-order valence-corrected chi connectivity index (χ1v) is 5.74. The average Bonchev–Trinajstić information content (AvgIpc) is 2.39. The smallest absolute Gasteiger partial charge is 0.271 e. The van der Waals surface area contributed by atoms with Crippen LogP contribution in [0.1, 0.15) is 17.2 Å². The second-order valence-electron chi connectivity index (χ2n) is 4.19. The molecule has 1 amide bonds. The van der Waals surface area contributed by atoms with E-state index in [1.165, 1.54) is 0 Å². The minimum atomic E-state index is -0.608. The molecule has 1 aromatic carbocycles. The lowest BCUT2D eigenvalue weighted by Gasteiger charge is -2.26. The number of rotatable bonds is 1. The maximum atomic E-state index is 12.0. The van der Waals surface area contributed by atoms with Crippen LogP contribution >= 0.6 is 0 Å². The molecule has 1 aliphatic heterocycles. The molecular formula is C14H12N2O2. The third-order valence-corrected chi connectivity index (χ3v) is 2.97. The molecule has 0 saturated heterocycles. The Labute approximate surface area is 105 Å². The Morgan fingerprint density at radius 2 is 2.06 bits per heavy atom. The van der Waals surface area contributed by atoms with Crippen molar-refractivity contribution in [3.05, 3.63) is 53.7 Å². The molecule has 0 saturated carbocycles. The summed E-state index contributed by atoms with van der Waals surface area (Å²) in [6, 6.07) is 11.3. The maximum Gasteiger partial charge on any atom is 0.271 e. The highest BCUT2D eigenvalue weighted by atomic mass is 16.5. The van der Waals surface area contributed by atoms with Gasteiger partial charge in [0.05, 0.1) is 0 Å². The van der Waals surface area contributed by atoms with Crippen LogP contribution in [0.5, 0.6) is 5.75 Å². The molecule has 4 heteroatoms. The zero-order valence-corrected chi connectivity index (χ0v) is 9.88. The Kier molecular flexibility index (Phi) is 2.48. The molecule has 1 atom stereocenters. The van der Waals surface area contributed by atoms with E-state index in [2.05, 4.69) is 10.3 Å². The summed E-state index contributed by atoms with van der Waals surface area (Å²) in [4.78, 5) is 16.1. The molecule has 3 rings (SSSR count). The van der Waals surface area contributed by atoms with Crippen molar-refractivity contribution in [2.24, 2.45) is 0 Å². The van der Waals surface area contributed by atoms with Gasteiger partial charge in [0.2, 0.25) is 6.10 Å². The van der Waals surface area contributed by atoms with Crippen LogP contribution in [0.2, 0.25) is 0 Å². The Bertz CT molecular complexity index is 610. The van der Waals surface area contributed by atoms with Gasteiger partial charge in [0, 0.05) is 11.8 Å². The number of fused-ring (bicyclic) bond motifs is 1. The summed E-state index contributed by atoms with van der Waals surface area (Å²) in [5.41, 5.74) is 1.91. The SMILES string of the molecule is Cc1ccccc1C1Oc2cccnc2NC1=O. The van der Waals surface area contributed by atoms with Crippen LogP contribution in [0.3, 0.4) is 0 Å². The number of ether oxygens (including phenoxy) is 1. The molecule has 90 valence electrons. The number of aromatic nitrogens is 1. The number of benzene rings is 1. The number of carbonyl (C=O) groups excluding carboxylic acids is 1. The Morgan fingerprint density at radius 1 is 1.22 bits per heavy atom. The molecule has 1 N–H and O–H groups in total. The van der Waals surface area contributed by atoms with Crippen LogP contribution in [0.25, 0.3) is 0 Å². The third-order valence-electron chi connectivity index (χ3n) is 2.97. The molecule has 0 fully saturated rings. The fourth-order valence-corrected chi connectivity index (χ4v) is 2.03. The number of aryl methyl sites for hydroxylation is 1. The maximum absolute atomic E-state index is 12.0. The predicted molar refractivity (Wildman–Crippen MR) is 67.4 cm³/mol. The molecule has 2 aromatic rings. The number of nitrogens with zero attached hydrogens (tertiary/aromatic N) is 1. The lowest BCUT2D eigenvalue weighted by Crippen LogP contribution is -2.31. The quantitative estimate of drug-likeness (QED) is 0.833. The second-order valence-corrected chi connectivity index (χ2v) is 4.19. The first-order chi connectivity index (χ1) is 8.75. The van der Waals surface area contributed by atoms with E-state index in [9.17, 15) is 4.79 Å². The number of amides is 1. The second kappa shape index (κ2) is 4.14. The Balaban J connectivity index is 2.01. The van der Waals surface area contributed by atoms with E-state index in [0.717, 1.165) is 11.1 Å². The summed E-state index contributed by atoms with van der Waals surface area (Å²) in [6.45, 7) is 1.96.